The molecule has 166 valence electrons. The molecule has 1 N–H and O–H groups in total. The second-order valence-corrected chi connectivity index (χ2v) is 9.45. The Labute approximate surface area is 174 Å². The molecule has 0 saturated carbocycles. The average molecular weight is 473 g/mol. The molecule has 1 heterocycles. The number of carbonyl (C=O) groups is 1. The summed E-state index contributed by atoms with van der Waals surface area (Å²) in [6.07, 6.45) is -4.18. The van der Waals surface area contributed by atoms with Crippen molar-refractivity contribution < 1.29 is 35.2 Å². The molecule has 2 aromatic rings. The predicted molar refractivity (Wildman–Crippen MR) is 101 cm³/mol. The van der Waals surface area contributed by atoms with Gasteiger partial charge in [-0.3, -0.25) is 4.79 Å². The Morgan fingerprint density at radius 2 is 1.80 bits per heavy atom. The summed E-state index contributed by atoms with van der Waals surface area (Å²) < 4.78 is 92.8. The van der Waals surface area contributed by atoms with Crippen LogP contribution in [0.1, 0.15) is 30.8 Å². The Morgan fingerprint density at radius 3 is 2.30 bits per heavy atom. The molecule has 0 bridgehead atoms. The van der Waals surface area contributed by atoms with Crippen molar-refractivity contribution >= 4 is 33.0 Å². The molecular formula is C18H18ClF5N2O3S. The summed E-state index contributed by atoms with van der Waals surface area (Å²) in [7, 11) is -3.08. The number of alkyl halides is 3. The number of hydrogen-bond acceptors (Lipinski definition) is 3. The maximum Gasteiger partial charge on any atom is 0.395 e. The number of aryl methyl sites for hydroxylation is 1. The molecular weight excluding hydrogens is 455 g/mol. The van der Waals surface area contributed by atoms with Crippen molar-refractivity contribution in [1.82, 2.24) is 4.57 Å². The molecule has 1 amide bonds. The van der Waals surface area contributed by atoms with Crippen molar-refractivity contribution in [3.05, 3.63) is 46.7 Å². The van der Waals surface area contributed by atoms with Crippen molar-refractivity contribution in [3.8, 4) is 0 Å². The number of nitrogens with zero attached hydrogens (tertiary/aromatic N) is 1. The number of anilines is 1. The first-order valence-corrected chi connectivity index (χ1v) is 10.6. The number of hydrogen-bond donors (Lipinski definition) is 1. The van der Waals surface area contributed by atoms with E-state index in [2.05, 4.69) is 5.32 Å². The van der Waals surface area contributed by atoms with E-state index in [0.717, 1.165) is 29.8 Å². The molecule has 1 unspecified atom stereocenters. The van der Waals surface area contributed by atoms with Gasteiger partial charge in [0.15, 0.2) is 21.5 Å². The summed E-state index contributed by atoms with van der Waals surface area (Å²) in [6.45, 7) is 2.05. The van der Waals surface area contributed by atoms with E-state index in [9.17, 15) is 35.2 Å². The molecule has 0 radical (unpaired) electrons. The number of amides is 1. The number of aromatic nitrogens is 1. The topological polar surface area (TPSA) is 68.2 Å². The van der Waals surface area contributed by atoms with Gasteiger partial charge in [-0.15, -0.1) is 0 Å². The lowest BCUT2D eigenvalue weighted by atomic mass is 9.89. The zero-order chi connectivity index (χ0) is 23.1. The lowest BCUT2D eigenvalue weighted by Crippen LogP contribution is -2.40. The van der Waals surface area contributed by atoms with Crippen molar-refractivity contribution in [1.29, 1.82) is 0 Å². The van der Waals surface area contributed by atoms with Crippen LogP contribution in [-0.4, -0.2) is 30.8 Å². The number of benzene rings is 1. The Bertz CT molecular complexity index is 1060. The van der Waals surface area contributed by atoms with E-state index in [-0.39, 0.29) is 11.4 Å². The van der Waals surface area contributed by atoms with Gasteiger partial charge in [-0.05, 0) is 25.5 Å². The van der Waals surface area contributed by atoms with Crippen LogP contribution in [0.4, 0.5) is 27.6 Å². The van der Waals surface area contributed by atoms with Crippen LogP contribution in [-0.2, 0) is 16.9 Å². The van der Waals surface area contributed by atoms with Gasteiger partial charge in [0, 0.05) is 25.0 Å². The number of rotatable bonds is 6. The van der Waals surface area contributed by atoms with E-state index < -0.39 is 61.1 Å². The lowest BCUT2D eigenvalue weighted by molar-refractivity contribution is -0.210. The van der Waals surface area contributed by atoms with Gasteiger partial charge >= 0.3 is 6.18 Å². The fourth-order valence-electron chi connectivity index (χ4n) is 2.64. The first kappa shape index (κ1) is 24.1. The lowest BCUT2D eigenvalue weighted by Gasteiger charge is -2.30. The van der Waals surface area contributed by atoms with Crippen LogP contribution in [0.5, 0.6) is 0 Å². The van der Waals surface area contributed by atoms with E-state index in [0.29, 0.717) is 6.07 Å². The van der Waals surface area contributed by atoms with Crippen LogP contribution in [0.15, 0.2) is 29.3 Å². The second kappa shape index (κ2) is 8.18. The van der Waals surface area contributed by atoms with E-state index in [1.165, 1.54) is 14.0 Å². The van der Waals surface area contributed by atoms with Gasteiger partial charge in [-0.1, -0.05) is 18.5 Å². The fourth-order valence-corrected chi connectivity index (χ4v) is 4.83. The quantitative estimate of drug-likeness (QED) is 0.477. The molecule has 1 aromatic heterocycles. The Morgan fingerprint density at radius 1 is 1.20 bits per heavy atom. The van der Waals surface area contributed by atoms with Gasteiger partial charge in [0.05, 0.1) is 21.1 Å². The third-order valence-electron chi connectivity index (χ3n) is 4.79. The Kier molecular flexibility index (Phi) is 6.58. The molecule has 1 atom stereocenters. The first-order chi connectivity index (χ1) is 13.6. The molecule has 2 rings (SSSR count). The number of halogens is 6. The molecule has 0 fully saturated rings. The third-order valence-corrected chi connectivity index (χ3v) is 7.02. The summed E-state index contributed by atoms with van der Waals surface area (Å²) in [5, 5.41) is 1.65. The summed E-state index contributed by atoms with van der Waals surface area (Å²) in [5.41, 5.74) is -2.88. The number of nitrogens with one attached hydrogen (secondary N) is 1. The monoisotopic (exact) mass is 472 g/mol. The van der Waals surface area contributed by atoms with Crippen LogP contribution in [0, 0.1) is 17.0 Å². The SMILES string of the molecule is CCC(C)(CS(=O)(=O)c1cc(C(=O)Nc2cc(F)c(F)c(Cl)c2)n(C)c1)C(F)(F)F. The maximum atomic E-state index is 13.4. The maximum absolute atomic E-state index is 13.4. The predicted octanol–water partition coefficient (Wildman–Crippen LogP) is 4.96. The number of carbonyl (C=O) groups excluding carboxylic acids is 1. The van der Waals surface area contributed by atoms with Crippen LogP contribution in [0.2, 0.25) is 5.02 Å². The minimum Gasteiger partial charge on any atom is -0.345 e. The summed E-state index contributed by atoms with van der Waals surface area (Å²) >= 11 is 5.51. The van der Waals surface area contributed by atoms with Gasteiger partial charge in [0.25, 0.3) is 5.91 Å². The van der Waals surface area contributed by atoms with Crippen LogP contribution >= 0.6 is 11.6 Å². The molecule has 0 saturated heterocycles. The van der Waals surface area contributed by atoms with Gasteiger partial charge in [0.2, 0.25) is 0 Å². The normalized spacial score (nSPS) is 14.4. The Hall–Kier alpha value is -2.14. The van der Waals surface area contributed by atoms with E-state index >= 15 is 0 Å². The number of sulfone groups is 1. The molecule has 0 aliphatic heterocycles. The highest BCUT2D eigenvalue weighted by atomic mass is 35.5. The van der Waals surface area contributed by atoms with E-state index in [4.69, 9.17) is 11.6 Å². The van der Waals surface area contributed by atoms with Crippen molar-refractivity contribution in [2.24, 2.45) is 12.5 Å². The second-order valence-electron chi connectivity index (χ2n) is 7.05. The minimum atomic E-state index is -4.74. The third kappa shape index (κ3) is 4.77. The Balaban J connectivity index is 2.33. The van der Waals surface area contributed by atoms with Gasteiger partial charge in [0.1, 0.15) is 5.69 Å². The van der Waals surface area contributed by atoms with E-state index in [1.807, 2.05) is 0 Å². The summed E-state index contributed by atoms with van der Waals surface area (Å²) in [6, 6.07) is 2.54. The summed E-state index contributed by atoms with van der Waals surface area (Å²) in [4.78, 5) is 11.9. The first-order valence-electron chi connectivity index (χ1n) is 8.53. The smallest absolute Gasteiger partial charge is 0.345 e. The average Bonchev–Trinajstić information content (AvgIpc) is 3.01. The van der Waals surface area contributed by atoms with Crippen molar-refractivity contribution in [2.75, 3.05) is 11.1 Å². The van der Waals surface area contributed by atoms with Gasteiger partial charge < -0.3 is 9.88 Å². The zero-order valence-electron chi connectivity index (χ0n) is 16.1. The van der Waals surface area contributed by atoms with Crippen molar-refractivity contribution in [2.45, 2.75) is 31.3 Å². The molecule has 12 heteroatoms. The highest BCUT2D eigenvalue weighted by molar-refractivity contribution is 7.91. The molecule has 30 heavy (non-hydrogen) atoms. The molecule has 1 aromatic carbocycles. The molecule has 0 aliphatic carbocycles. The van der Waals surface area contributed by atoms with Gasteiger partial charge in [-0.2, -0.15) is 13.2 Å². The highest BCUT2D eigenvalue weighted by Gasteiger charge is 2.52. The van der Waals surface area contributed by atoms with Crippen molar-refractivity contribution in [3.63, 3.8) is 0 Å². The minimum absolute atomic E-state index is 0.190. The van der Waals surface area contributed by atoms with E-state index in [1.54, 1.807) is 0 Å². The molecule has 0 spiro atoms. The fraction of sp³-hybridized carbons (Fsp3) is 0.389. The largest absolute Gasteiger partial charge is 0.395 e. The highest BCUT2D eigenvalue weighted by Crippen LogP contribution is 2.42. The zero-order valence-corrected chi connectivity index (χ0v) is 17.6. The van der Waals surface area contributed by atoms with Gasteiger partial charge in [-0.25, -0.2) is 17.2 Å². The van der Waals surface area contributed by atoms with Crippen LogP contribution in [0.3, 0.4) is 0 Å². The summed E-state index contributed by atoms with van der Waals surface area (Å²) in [5.74, 6) is -4.69. The van der Waals surface area contributed by atoms with Crippen LogP contribution < -0.4 is 5.32 Å². The molecule has 0 aliphatic rings. The van der Waals surface area contributed by atoms with Crippen LogP contribution in [0.25, 0.3) is 0 Å². The molecule has 5 nitrogen and oxygen atoms in total. The standard InChI is InChI=1S/C18H18ClF5N2O3S/c1-4-17(2,18(22,23)24)9-30(28,29)11-7-14(26(3)8-11)16(27)25-10-5-12(19)15(21)13(20)6-10/h5-8H,4,9H2,1-3H3,(H,25,27).